The van der Waals surface area contributed by atoms with Crippen LogP contribution in [0.3, 0.4) is 0 Å². The summed E-state index contributed by atoms with van der Waals surface area (Å²) in [5.74, 6) is -0.953. The summed E-state index contributed by atoms with van der Waals surface area (Å²) in [5.41, 5.74) is 4.17. The Labute approximate surface area is 168 Å². The van der Waals surface area contributed by atoms with Crippen LogP contribution in [0, 0.1) is 18.8 Å². The standard InChI is InChI=1S/C23H23N3O3/c1-14-7-9-15(10-8-14)20-18-5-2-3-11-25(18)21(24-20)19-6-4-12-26(19)22(27)16-13-17(16)23(28)29/h2-3,5,7-11,16-17,19H,4,6,12-13H2,1H3,(H,28,29). The first-order chi connectivity index (χ1) is 14.0. The lowest BCUT2D eigenvalue weighted by Crippen LogP contribution is -2.33. The number of nitrogens with zero attached hydrogens (tertiary/aromatic N) is 3. The molecular weight excluding hydrogens is 366 g/mol. The highest BCUT2D eigenvalue weighted by Gasteiger charge is 2.51. The number of hydrogen-bond donors (Lipinski definition) is 1. The van der Waals surface area contributed by atoms with Crippen LogP contribution in [0.4, 0.5) is 0 Å². The van der Waals surface area contributed by atoms with Gasteiger partial charge in [-0.25, -0.2) is 4.98 Å². The fourth-order valence-corrected chi connectivity index (χ4v) is 4.47. The van der Waals surface area contributed by atoms with Gasteiger partial charge in [0.1, 0.15) is 5.82 Å². The minimum Gasteiger partial charge on any atom is -0.481 e. The van der Waals surface area contributed by atoms with Gasteiger partial charge in [-0.1, -0.05) is 35.9 Å². The van der Waals surface area contributed by atoms with Crippen molar-refractivity contribution in [2.24, 2.45) is 11.8 Å². The van der Waals surface area contributed by atoms with Gasteiger partial charge in [0.25, 0.3) is 0 Å². The molecule has 2 fully saturated rings. The molecule has 3 aromatic rings. The second-order valence-corrected chi connectivity index (χ2v) is 8.12. The Bertz CT molecular complexity index is 1100. The van der Waals surface area contributed by atoms with E-state index in [0.717, 1.165) is 35.4 Å². The summed E-state index contributed by atoms with van der Waals surface area (Å²) in [6, 6.07) is 14.2. The van der Waals surface area contributed by atoms with Gasteiger partial charge in [0.2, 0.25) is 5.91 Å². The maximum atomic E-state index is 13.0. The lowest BCUT2D eigenvalue weighted by atomic mass is 10.1. The molecule has 2 aromatic heterocycles. The van der Waals surface area contributed by atoms with E-state index < -0.39 is 11.9 Å². The molecule has 5 rings (SSSR count). The van der Waals surface area contributed by atoms with Crippen molar-refractivity contribution >= 4 is 17.4 Å². The van der Waals surface area contributed by atoms with Gasteiger partial charge in [-0.3, -0.25) is 9.59 Å². The first-order valence-electron chi connectivity index (χ1n) is 10.1. The number of carbonyl (C=O) groups is 2. The van der Waals surface area contributed by atoms with Crippen LogP contribution < -0.4 is 0 Å². The summed E-state index contributed by atoms with van der Waals surface area (Å²) in [4.78, 5) is 31.0. The molecule has 148 valence electrons. The molecule has 0 radical (unpaired) electrons. The molecule has 29 heavy (non-hydrogen) atoms. The fraction of sp³-hybridized carbons (Fsp3) is 0.348. The van der Waals surface area contributed by atoms with Crippen LogP contribution in [-0.4, -0.2) is 37.8 Å². The van der Waals surface area contributed by atoms with E-state index in [2.05, 4.69) is 35.6 Å². The van der Waals surface area contributed by atoms with Gasteiger partial charge >= 0.3 is 5.97 Å². The van der Waals surface area contributed by atoms with E-state index in [1.54, 1.807) is 0 Å². The Morgan fingerprint density at radius 1 is 1.10 bits per heavy atom. The summed E-state index contributed by atoms with van der Waals surface area (Å²) < 4.78 is 2.08. The molecular formula is C23H23N3O3. The smallest absolute Gasteiger partial charge is 0.307 e. The molecule has 1 aromatic carbocycles. The maximum Gasteiger partial charge on any atom is 0.307 e. The molecule has 1 aliphatic heterocycles. The molecule has 6 heteroatoms. The van der Waals surface area contributed by atoms with Crippen molar-refractivity contribution in [3.05, 3.63) is 60.0 Å². The molecule has 0 bridgehead atoms. The zero-order chi connectivity index (χ0) is 20.1. The number of carbonyl (C=O) groups excluding carboxylic acids is 1. The minimum atomic E-state index is -0.869. The number of benzene rings is 1. The second-order valence-electron chi connectivity index (χ2n) is 8.12. The predicted octanol–water partition coefficient (Wildman–Crippen LogP) is 3.69. The summed E-state index contributed by atoms with van der Waals surface area (Å²) in [7, 11) is 0. The van der Waals surface area contributed by atoms with Gasteiger partial charge in [-0.15, -0.1) is 0 Å². The number of aliphatic carboxylic acids is 1. The van der Waals surface area contributed by atoms with E-state index in [1.807, 2.05) is 29.3 Å². The van der Waals surface area contributed by atoms with Gasteiger partial charge in [-0.05, 0) is 38.3 Å². The number of imidazole rings is 1. The molecule has 1 saturated heterocycles. The zero-order valence-electron chi connectivity index (χ0n) is 16.3. The predicted molar refractivity (Wildman–Crippen MR) is 108 cm³/mol. The van der Waals surface area contributed by atoms with E-state index in [-0.39, 0.29) is 17.9 Å². The van der Waals surface area contributed by atoms with Crippen molar-refractivity contribution in [2.75, 3.05) is 6.54 Å². The van der Waals surface area contributed by atoms with E-state index in [9.17, 15) is 14.7 Å². The average molecular weight is 389 g/mol. The van der Waals surface area contributed by atoms with Crippen LogP contribution in [0.15, 0.2) is 48.7 Å². The topological polar surface area (TPSA) is 74.9 Å². The number of rotatable bonds is 4. The molecule has 0 spiro atoms. The third-order valence-electron chi connectivity index (χ3n) is 6.16. The molecule has 3 heterocycles. The third kappa shape index (κ3) is 2.99. The Morgan fingerprint density at radius 3 is 2.62 bits per heavy atom. The van der Waals surface area contributed by atoms with Gasteiger partial charge in [0.05, 0.1) is 29.1 Å². The number of fused-ring (bicyclic) bond motifs is 1. The third-order valence-corrected chi connectivity index (χ3v) is 6.16. The Kier molecular flexibility index (Phi) is 4.15. The first kappa shape index (κ1) is 17.9. The maximum absolute atomic E-state index is 13.0. The Balaban J connectivity index is 1.54. The van der Waals surface area contributed by atoms with Gasteiger partial charge in [-0.2, -0.15) is 0 Å². The lowest BCUT2D eigenvalue weighted by molar-refractivity contribution is -0.142. The normalized spacial score (nSPS) is 23.5. The van der Waals surface area contributed by atoms with Crippen LogP contribution in [0.5, 0.6) is 0 Å². The number of aryl methyl sites for hydroxylation is 1. The lowest BCUT2D eigenvalue weighted by Gasteiger charge is -2.24. The summed E-state index contributed by atoms with van der Waals surface area (Å²) in [6.45, 7) is 2.72. The Hall–Kier alpha value is -3.15. The average Bonchev–Trinajstić information content (AvgIpc) is 3.23. The second kappa shape index (κ2) is 6.72. The number of carboxylic acids is 1. The molecule has 1 amide bonds. The summed E-state index contributed by atoms with van der Waals surface area (Å²) in [6.07, 6.45) is 4.20. The SMILES string of the molecule is Cc1ccc(-c2nc(C3CCCN3C(=O)C3CC3C(=O)O)n3ccccc23)cc1. The van der Waals surface area contributed by atoms with Crippen molar-refractivity contribution in [1.82, 2.24) is 14.3 Å². The Morgan fingerprint density at radius 2 is 1.90 bits per heavy atom. The molecule has 1 saturated carbocycles. The van der Waals surface area contributed by atoms with Crippen LogP contribution in [0.2, 0.25) is 0 Å². The van der Waals surface area contributed by atoms with Crippen LogP contribution >= 0.6 is 0 Å². The summed E-state index contributed by atoms with van der Waals surface area (Å²) >= 11 is 0. The number of amides is 1. The largest absolute Gasteiger partial charge is 0.481 e. The van der Waals surface area contributed by atoms with Crippen LogP contribution in [0.1, 0.15) is 36.7 Å². The van der Waals surface area contributed by atoms with E-state index in [4.69, 9.17) is 4.98 Å². The molecule has 1 N–H and O–H groups in total. The number of likely N-dealkylation sites (tertiary alicyclic amines) is 1. The first-order valence-corrected chi connectivity index (χ1v) is 10.1. The van der Waals surface area contributed by atoms with Crippen molar-refractivity contribution in [3.63, 3.8) is 0 Å². The molecule has 3 atom stereocenters. The number of pyridine rings is 1. The molecule has 3 unspecified atom stereocenters. The highest BCUT2D eigenvalue weighted by Crippen LogP contribution is 2.44. The zero-order valence-corrected chi connectivity index (χ0v) is 16.3. The fourth-order valence-electron chi connectivity index (χ4n) is 4.47. The molecule has 2 aliphatic rings. The van der Waals surface area contributed by atoms with E-state index >= 15 is 0 Å². The number of carboxylic acid groups (broad SMARTS) is 1. The van der Waals surface area contributed by atoms with Gasteiger partial charge in [0.15, 0.2) is 0 Å². The minimum absolute atomic E-state index is 0.0375. The van der Waals surface area contributed by atoms with Crippen molar-refractivity contribution in [1.29, 1.82) is 0 Å². The van der Waals surface area contributed by atoms with Crippen molar-refractivity contribution < 1.29 is 14.7 Å². The van der Waals surface area contributed by atoms with Crippen molar-refractivity contribution in [3.8, 4) is 11.3 Å². The van der Waals surface area contributed by atoms with Gasteiger partial charge < -0.3 is 14.4 Å². The number of aromatic nitrogens is 2. The van der Waals surface area contributed by atoms with Crippen molar-refractivity contribution in [2.45, 2.75) is 32.2 Å². The number of hydrogen-bond acceptors (Lipinski definition) is 3. The highest BCUT2D eigenvalue weighted by molar-refractivity contribution is 5.90. The van der Waals surface area contributed by atoms with Crippen LogP contribution in [0.25, 0.3) is 16.8 Å². The van der Waals surface area contributed by atoms with Gasteiger partial charge in [0, 0.05) is 18.3 Å². The monoisotopic (exact) mass is 389 g/mol. The highest BCUT2D eigenvalue weighted by atomic mass is 16.4. The molecule has 1 aliphatic carbocycles. The summed E-state index contributed by atoms with van der Waals surface area (Å²) in [5, 5.41) is 9.20. The van der Waals surface area contributed by atoms with Crippen LogP contribution in [-0.2, 0) is 9.59 Å². The van der Waals surface area contributed by atoms with E-state index in [1.165, 1.54) is 5.56 Å². The molecule has 6 nitrogen and oxygen atoms in total. The quantitative estimate of drug-likeness (QED) is 0.738. The van der Waals surface area contributed by atoms with E-state index in [0.29, 0.717) is 13.0 Å².